The van der Waals surface area contributed by atoms with Crippen molar-refractivity contribution in [3.63, 3.8) is 0 Å². The Morgan fingerprint density at radius 2 is 2.00 bits per heavy atom. The molecule has 0 unspecified atom stereocenters. The fraction of sp³-hybridized carbons (Fsp3) is 0.250. The third kappa shape index (κ3) is 4.06. The Morgan fingerprint density at radius 1 is 1.33 bits per heavy atom. The fourth-order valence-corrected chi connectivity index (χ4v) is 1.70. The van der Waals surface area contributed by atoms with E-state index in [1.807, 2.05) is 13.8 Å². The van der Waals surface area contributed by atoms with Crippen LogP contribution >= 0.6 is 23.2 Å². The van der Waals surface area contributed by atoms with E-state index in [0.29, 0.717) is 16.5 Å². The molecular formula is C12H12Cl2O. The normalized spacial score (nSPS) is 9.87. The Balaban J connectivity index is 2.82. The lowest BCUT2D eigenvalue weighted by atomic mass is 10.1. The number of ketones is 1. The molecule has 0 saturated heterocycles. The van der Waals surface area contributed by atoms with Gasteiger partial charge in [-0.05, 0) is 37.6 Å². The van der Waals surface area contributed by atoms with E-state index >= 15 is 0 Å². The van der Waals surface area contributed by atoms with E-state index in [-0.39, 0.29) is 5.78 Å². The lowest BCUT2D eigenvalue weighted by Gasteiger charge is -2.02. The summed E-state index contributed by atoms with van der Waals surface area (Å²) in [6, 6.07) is 5.16. The van der Waals surface area contributed by atoms with Crippen LogP contribution in [0.4, 0.5) is 0 Å². The molecule has 80 valence electrons. The third-order valence-electron chi connectivity index (χ3n) is 1.83. The molecule has 0 fully saturated rings. The van der Waals surface area contributed by atoms with Crippen LogP contribution in [0.5, 0.6) is 0 Å². The van der Waals surface area contributed by atoms with Gasteiger partial charge in [-0.15, -0.1) is 0 Å². The summed E-state index contributed by atoms with van der Waals surface area (Å²) >= 11 is 11.7. The standard InChI is InChI=1S/C12H12Cl2O/c1-8(2)5-11(15)6-9-3-4-10(13)7-12(9)14/h3-5,7H,6H2,1-2H3. The molecule has 3 heteroatoms. The Kier molecular flexibility index (Phi) is 4.37. The molecule has 1 aromatic rings. The van der Waals surface area contributed by atoms with Crippen molar-refractivity contribution in [1.82, 2.24) is 0 Å². The maximum atomic E-state index is 11.5. The lowest BCUT2D eigenvalue weighted by Crippen LogP contribution is -1.99. The molecule has 0 aromatic heterocycles. The van der Waals surface area contributed by atoms with Crippen LogP contribution in [-0.4, -0.2) is 5.78 Å². The molecular weight excluding hydrogens is 231 g/mol. The molecule has 1 rings (SSSR count). The van der Waals surface area contributed by atoms with Crippen LogP contribution in [0.2, 0.25) is 10.0 Å². The van der Waals surface area contributed by atoms with Crippen LogP contribution in [0.15, 0.2) is 29.8 Å². The first-order valence-corrected chi connectivity index (χ1v) is 5.36. The first-order valence-electron chi connectivity index (χ1n) is 4.60. The smallest absolute Gasteiger partial charge is 0.160 e. The minimum atomic E-state index is 0.0548. The summed E-state index contributed by atoms with van der Waals surface area (Å²) in [4.78, 5) is 11.5. The highest BCUT2D eigenvalue weighted by Gasteiger charge is 2.05. The van der Waals surface area contributed by atoms with Gasteiger partial charge in [0.15, 0.2) is 5.78 Å². The molecule has 15 heavy (non-hydrogen) atoms. The van der Waals surface area contributed by atoms with Crippen LogP contribution in [0.1, 0.15) is 19.4 Å². The van der Waals surface area contributed by atoms with E-state index in [0.717, 1.165) is 11.1 Å². The van der Waals surface area contributed by atoms with Crippen LogP contribution in [0, 0.1) is 0 Å². The highest BCUT2D eigenvalue weighted by Crippen LogP contribution is 2.21. The molecule has 0 amide bonds. The van der Waals surface area contributed by atoms with Crippen LogP contribution in [0.3, 0.4) is 0 Å². The summed E-state index contributed by atoms with van der Waals surface area (Å²) in [7, 11) is 0. The highest BCUT2D eigenvalue weighted by molar-refractivity contribution is 6.35. The predicted molar refractivity (Wildman–Crippen MR) is 64.6 cm³/mol. The van der Waals surface area contributed by atoms with Crippen molar-refractivity contribution < 1.29 is 4.79 Å². The monoisotopic (exact) mass is 242 g/mol. The minimum Gasteiger partial charge on any atom is -0.294 e. The van der Waals surface area contributed by atoms with Crippen LogP contribution < -0.4 is 0 Å². The van der Waals surface area contributed by atoms with Crippen molar-refractivity contribution in [2.24, 2.45) is 0 Å². The van der Waals surface area contributed by atoms with Crippen molar-refractivity contribution in [2.45, 2.75) is 20.3 Å². The second-order valence-corrected chi connectivity index (χ2v) is 4.44. The van der Waals surface area contributed by atoms with Crippen molar-refractivity contribution in [3.05, 3.63) is 45.5 Å². The van der Waals surface area contributed by atoms with E-state index in [4.69, 9.17) is 23.2 Å². The number of hydrogen-bond donors (Lipinski definition) is 0. The summed E-state index contributed by atoms with van der Waals surface area (Å²) in [6.07, 6.45) is 1.94. The zero-order chi connectivity index (χ0) is 11.4. The summed E-state index contributed by atoms with van der Waals surface area (Å²) in [5.74, 6) is 0.0548. The van der Waals surface area contributed by atoms with Gasteiger partial charge in [-0.1, -0.05) is 34.8 Å². The van der Waals surface area contributed by atoms with Crippen molar-refractivity contribution in [3.8, 4) is 0 Å². The molecule has 0 aliphatic heterocycles. The average Bonchev–Trinajstić information content (AvgIpc) is 2.08. The quantitative estimate of drug-likeness (QED) is 0.731. The largest absolute Gasteiger partial charge is 0.294 e. The first-order chi connectivity index (χ1) is 6.99. The molecule has 1 nitrogen and oxygen atoms in total. The molecule has 0 radical (unpaired) electrons. The maximum Gasteiger partial charge on any atom is 0.160 e. The second-order valence-electron chi connectivity index (χ2n) is 3.60. The number of benzene rings is 1. The number of halogens is 2. The number of carbonyl (C=O) groups excluding carboxylic acids is 1. The van der Waals surface area contributed by atoms with Gasteiger partial charge in [0, 0.05) is 16.5 Å². The van der Waals surface area contributed by atoms with Gasteiger partial charge in [-0.25, -0.2) is 0 Å². The molecule has 0 bridgehead atoms. The first kappa shape index (κ1) is 12.3. The maximum absolute atomic E-state index is 11.5. The number of hydrogen-bond acceptors (Lipinski definition) is 1. The minimum absolute atomic E-state index is 0.0548. The van der Waals surface area contributed by atoms with Crippen molar-refractivity contribution >= 4 is 29.0 Å². The molecule has 0 aliphatic rings. The molecule has 0 spiro atoms. The summed E-state index contributed by atoms with van der Waals surface area (Å²) in [6.45, 7) is 3.78. The zero-order valence-electron chi connectivity index (χ0n) is 8.68. The van der Waals surface area contributed by atoms with Gasteiger partial charge < -0.3 is 0 Å². The molecule has 0 aliphatic carbocycles. The summed E-state index contributed by atoms with van der Waals surface area (Å²) < 4.78 is 0. The number of allylic oxidation sites excluding steroid dienone is 2. The van der Waals surface area contributed by atoms with Gasteiger partial charge in [0.05, 0.1) is 0 Å². The SMILES string of the molecule is CC(C)=CC(=O)Cc1ccc(Cl)cc1Cl. The van der Waals surface area contributed by atoms with E-state index < -0.39 is 0 Å². The number of rotatable bonds is 3. The Morgan fingerprint density at radius 3 is 2.53 bits per heavy atom. The van der Waals surface area contributed by atoms with E-state index in [1.165, 1.54) is 0 Å². The second kappa shape index (κ2) is 5.34. The van der Waals surface area contributed by atoms with Gasteiger partial charge in [-0.2, -0.15) is 0 Å². The molecule has 1 aromatic carbocycles. The predicted octanol–water partition coefficient (Wildman–Crippen LogP) is 4.07. The summed E-state index contributed by atoms with van der Waals surface area (Å²) in [5.41, 5.74) is 1.80. The van der Waals surface area contributed by atoms with Gasteiger partial charge in [-0.3, -0.25) is 4.79 Å². The molecule has 0 atom stereocenters. The third-order valence-corrected chi connectivity index (χ3v) is 2.42. The number of carbonyl (C=O) groups is 1. The Hall–Kier alpha value is -0.790. The van der Waals surface area contributed by atoms with Gasteiger partial charge in [0.2, 0.25) is 0 Å². The van der Waals surface area contributed by atoms with Crippen LogP contribution in [-0.2, 0) is 11.2 Å². The Bertz CT molecular complexity index is 404. The zero-order valence-corrected chi connectivity index (χ0v) is 10.2. The van der Waals surface area contributed by atoms with Crippen LogP contribution in [0.25, 0.3) is 0 Å². The van der Waals surface area contributed by atoms with E-state index in [2.05, 4.69) is 0 Å². The molecule has 0 saturated carbocycles. The van der Waals surface area contributed by atoms with Crippen molar-refractivity contribution in [2.75, 3.05) is 0 Å². The van der Waals surface area contributed by atoms with Gasteiger partial charge >= 0.3 is 0 Å². The molecule has 0 heterocycles. The fourth-order valence-electron chi connectivity index (χ4n) is 1.23. The highest BCUT2D eigenvalue weighted by atomic mass is 35.5. The average molecular weight is 243 g/mol. The van der Waals surface area contributed by atoms with E-state index in [9.17, 15) is 4.79 Å². The molecule has 0 N–H and O–H groups in total. The lowest BCUT2D eigenvalue weighted by molar-refractivity contribution is -0.114. The summed E-state index contributed by atoms with van der Waals surface area (Å²) in [5, 5.41) is 1.12. The van der Waals surface area contributed by atoms with Gasteiger partial charge in [0.1, 0.15) is 0 Å². The van der Waals surface area contributed by atoms with E-state index in [1.54, 1.807) is 24.3 Å². The Labute approximate surface area is 99.7 Å². The van der Waals surface area contributed by atoms with Gasteiger partial charge in [0.25, 0.3) is 0 Å². The topological polar surface area (TPSA) is 17.1 Å². The van der Waals surface area contributed by atoms with Crippen molar-refractivity contribution in [1.29, 1.82) is 0 Å².